The average Bonchev–Trinajstić information content (AvgIpc) is 3.35. The van der Waals surface area contributed by atoms with Gasteiger partial charge in [-0.15, -0.1) is 11.3 Å². The first-order chi connectivity index (χ1) is 14.1. The first-order valence-corrected chi connectivity index (χ1v) is 10.5. The number of ether oxygens (including phenoxy) is 2. The van der Waals surface area contributed by atoms with E-state index >= 15 is 0 Å². The predicted octanol–water partition coefficient (Wildman–Crippen LogP) is 5.15. The van der Waals surface area contributed by atoms with E-state index in [4.69, 9.17) is 21.1 Å². The molecule has 0 fully saturated rings. The summed E-state index contributed by atoms with van der Waals surface area (Å²) in [7, 11) is 0. The van der Waals surface area contributed by atoms with Crippen LogP contribution < -0.4 is 15.0 Å². The topological polar surface area (TPSA) is 65.7 Å². The Morgan fingerprint density at radius 3 is 2.76 bits per heavy atom. The van der Waals surface area contributed by atoms with Gasteiger partial charge in [0.1, 0.15) is 11.2 Å². The largest absolute Gasteiger partial charge is 0.454 e. The molecule has 0 radical (unpaired) electrons. The van der Waals surface area contributed by atoms with E-state index in [0.717, 1.165) is 21.2 Å². The molecule has 2 aromatic carbocycles. The molecule has 0 amide bonds. The molecular formula is C20H11BrClN3O3S. The minimum Gasteiger partial charge on any atom is -0.454 e. The number of hydrogen-bond donors (Lipinski definition) is 0. The van der Waals surface area contributed by atoms with Gasteiger partial charge in [0, 0.05) is 26.0 Å². The quantitative estimate of drug-likeness (QED) is 0.374. The van der Waals surface area contributed by atoms with Crippen LogP contribution in [0, 0.1) is 0 Å². The summed E-state index contributed by atoms with van der Waals surface area (Å²) in [5.74, 6) is 1.30. The third-order valence-corrected chi connectivity index (χ3v) is 6.27. The van der Waals surface area contributed by atoms with Gasteiger partial charge in [0.25, 0.3) is 5.56 Å². The summed E-state index contributed by atoms with van der Waals surface area (Å²) < 4.78 is 12.8. The van der Waals surface area contributed by atoms with Gasteiger partial charge in [-0.05, 0) is 45.8 Å². The average molecular weight is 489 g/mol. The molecule has 4 aromatic rings. The lowest BCUT2D eigenvalue weighted by Gasteiger charge is -2.03. The van der Waals surface area contributed by atoms with Crippen molar-refractivity contribution in [2.45, 2.75) is 0 Å². The van der Waals surface area contributed by atoms with Crippen LogP contribution in [0.1, 0.15) is 5.56 Å². The second-order valence-electron chi connectivity index (χ2n) is 6.20. The number of hydrogen-bond acceptors (Lipinski definition) is 6. The normalized spacial score (nSPS) is 12.9. The van der Waals surface area contributed by atoms with Crippen LogP contribution >= 0.6 is 38.9 Å². The molecule has 0 saturated heterocycles. The lowest BCUT2D eigenvalue weighted by Crippen LogP contribution is -2.16. The van der Waals surface area contributed by atoms with Crippen LogP contribution in [0.15, 0.2) is 62.5 Å². The smallest absolute Gasteiger partial charge is 0.283 e. The molecule has 9 heteroatoms. The van der Waals surface area contributed by atoms with Gasteiger partial charge in [0.2, 0.25) is 6.79 Å². The third-order valence-electron chi connectivity index (χ3n) is 4.45. The number of nitrogens with zero attached hydrogens (tertiary/aromatic N) is 3. The summed E-state index contributed by atoms with van der Waals surface area (Å²) >= 11 is 10.9. The highest BCUT2D eigenvalue weighted by Crippen LogP contribution is 2.36. The summed E-state index contributed by atoms with van der Waals surface area (Å²) in [6.45, 7) is 0.189. The molecule has 3 heterocycles. The van der Waals surface area contributed by atoms with Gasteiger partial charge in [-0.3, -0.25) is 4.79 Å². The van der Waals surface area contributed by atoms with Crippen LogP contribution in [-0.2, 0) is 0 Å². The van der Waals surface area contributed by atoms with Gasteiger partial charge in [-0.25, -0.2) is 4.98 Å². The van der Waals surface area contributed by atoms with Crippen molar-refractivity contribution < 1.29 is 9.47 Å². The lowest BCUT2D eigenvalue weighted by molar-refractivity contribution is 0.174. The van der Waals surface area contributed by atoms with Crippen molar-refractivity contribution in [2.24, 2.45) is 5.10 Å². The van der Waals surface area contributed by atoms with Crippen LogP contribution in [-0.4, -0.2) is 22.7 Å². The number of aromatic nitrogens is 2. The van der Waals surface area contributed by atoms with Gasteiger partial charge < -0.3 is 9.47 Å². The molecule has 1 aliphatic heterocycles. The van der Waals surface area contributed by atoms with E-state index in [2.05, 4.69) is 26.0 Å². The highest BCUT2D eigenvalue weighted by Gasteiger charge is 2.16. The van der Waals surface area contributed by atoms with Crippen molar-refractivity contribution in [1.29, 1.82) is 0 Å². The second kappa shape index (κ2) is 7.29. The Balaban J connectivity index is 1.57. The summed E-state index contributed by atoms with van der Waals surface area (Å²) in [5, 5.41) is 7.41. The maximum atomic E-state index is 13.1. The summed E-state index contributed by atoms with van der Waals surface area (Å²) in [6.07, 6.45) is 3.00. The SMILES string of the molecule is O=c1c2c(-c3ccc(Cl)cc3)csc2ncn1N=Cc1cc2c(cc1Br)OCO2. The van der Waals surface area contributed by atoms with E-state index in [1.54, 1.807) is 24.4 Å². The van der Waals surface area contributed by atoms with E-state index in [-0.39, 0.29) is 12.4 Å². The maximum absolute atomic E-state index is 13.1. The fourth-order valence-corrected chi connectivity index (χ4v) is 4.46. The molecule has 0 bridgehead atoms. The fourth-order valence-electron chi connectivity index (χ4n) is 3.00. The first-order valence-electron chi connectivity index (χ1n) is 8.48. The Morgan fingerprint density at radius 1 is 1.21 bits per heavy atom. The standard InChI is InChI=1S/C20H11BrClN3O3S/c21-15-6-17-16(27-10-28-17)5-12(15)7-24-25-9-23-19-18(20(25)26)14(8-29-19)11-1-3-13(22)4-2-11/h1-9H,10H2. The Labute approximate surface area is 182 Å². The van der Waals surface area contributed by atoms with Gasteiger partial charge in [0.05, 0.1) is 11.6 Å². The summed E-state index contributed by atoms with van der Waals surface area (Å²) in [4.78, 5) is 18.1. The Morgan fingerprint density at radius 2 is 1.97 bits per heavy atom. The molecule has 0 saturated carbocycles. The van der Waals surface area contributed by atoms with Crippen molar-refractivity contribution >= 4 is 55.3 Å². The van der Waals surface area contributed by atoms with Crippen molar-refractivity contribution in [3.63, 3.8) is 0 Å². The van der Waals surface area contributed by atoms with E-state index in [1.807, 2.05) is 23.6 Å². The highest BCUT2D eigenvalue weighted by molar-refractivity contribution is 9.10. The molecule has 0 aliphatic carbocycles. The van der Waals surface area contributed by atoms with Crippen LogP contribution in [0.4, 0.5) is 0 Å². The monoisotopic (exact) mass is 487 g/mol. The molecule has 5 rings (SSSR count). The van der Waals surface area contributed by atoms with E-state index in [9.17, 15) is 4.79 Å². The Bertz CT molecular complexity index is 1330. The zero-order chi connectivity index (χ0) is 20.0. The molecule has 0 unspecified atom stereocenters. The van der Waals surface area contributed by atoms with Gasteiger partial charge in [-0.2, -0.15) is 9.78 Å². The van der Waals surface area contributed by atoms with E-state index in [1.165, 1.54) is 22.3 Å². The van der Waals surface area contributed by atoms with E-state index in [0.29, 0.717) is 26.7 Å². The molecule has 29 heavy (non-hydrogen) atoms. The first kappa shape index (κ1) is 18.4. The molecule has 6 nitrogen and oxygen atoms in total. The van der Waals surface area contributed by atoms with Crippen LogP contribution in [0.2, 0.25) is 5.02 Å². The predicted molar refractivity (Wildman–Crippen MR) is 118 cm³/mol. The van der Waals surface area contributed by atoms with Gasteiger partial charge in [-0.1, -0.05) is 23.7 Å². The molecule has 144 valence electrons. The van der Waals surface area contributed by atoms with Crippen molar-refractivity contribution in [3.8, 4) is 22.6 Å². The molecule has 0 atom stereocenters. The summed E-state index contributed by atoms with van der Waals surface area (Å²) in [6, 6.07) is 11.0. The van der Waals surface area contributed by atoms with Crippen molar-refractivity contribution in [3.05, 3.63) is 73.5 Å². The number of rotatable bonds is 3. The van der Waals surface area contributed by atoms with Crippen LogP contribution in [0.25, 0.3) is 21.3 Å². The van der Waals surface area contributed by atoms with Crippen molar-refractivity contribution in [1.82, 2.24) is 9.66 Å². The fraction of sp³-hybridized carbons (Fsp3) is 0.0500. The lowest BCUT2D eigenvalue weighted by atomic mass is 10.1. The van der Waals surface area contributed by atoms with Crippen LogP contribution in [0.3, 0.4) is 0 Å². The second-order valence-corrected chi connectivity index (χ2v) is 8.35. The van der Waals surface area contributed by atoms with Crippen LogP contribution in [0.5, 0.6) is 11.5 Å². The van der Waals surface area contributed by atoms with Crippen molar-refractivity contribution in [2.75, 3.05) is 6.79 Å². The third kappa shape index (κ3) is 3.33. The summed E-state index contributed by atoms with van der Waals surface area (Å²) in [5.41, 5.74) is 2.23. The molecule has 0 N–H and O–H groups in total. The number of benzene rings is 2. The van der Waals surface area contributed by atoms with Gasteiger partial charge >= 0.3 is 0 Å². The number of fused-ring (bicyclic) bond motifs is 2. The molecule has 1 aliphatic rings. The number of thiophene rings is 1. The molecule has 2 aromatic heterocycles. The van der Waals surface area contributed by atoms with Gasteiger partial charge in [0.15, 0.2) is 11.5 Å². The molecular weight excluding hydrogens is 478 g/mol. The highest BCUT2D eigenvalue weighted by atomic mass is 79.9. The molecule has 0 spiro atoms. The zero-order valence-corrected chi connectivity index (χ0v) is 17.8. The Kier molecular flexibility index (Phi) is 4.61. The Hall–Kier alpha value is -2.68. The maximum Gasteiger partial charge on any atom is 0.283 e. The van der Waals surface area contributed by atoms with E-state index < -0.39 is 0 Å². The minimum atomic E-state index is -0.241. The minimum absolute atomic E-state index is 0.189. The zero-order valence-electron chi connectivity index (χ0n) is 14.6. The number of halogens is 2.